The van der Waals surface area contributed by atoms with Crippen LogP contribution >= 0.6 is 35.0 Å². The van der Waals surface area contributed by atoms with Crippen molar-refractivity contribution < 1.29 is 4.39 Å². The Kier molecular flexibility index (Phi) is 6.68. The van der Waals surface area contributed by atoms with Crippen molar-refractivity contribution in [2.24, 2.45) is 0 Å². The second kappa shape index (κ2) is 7.50. The molecule has 0 bridgehead atoms. The standard InChI is InChI=1S/C13H17Cl2FS/c1-2-17-8-7-13(9-14,10-15)11-3-5-12(16)6-4-11/h3-6H,2,7-10H2,1H3. The van der Waals surface area contributed by atoms with E-state index in [0.29, 0.717) is 11.8 Å². The van der Waals surface area contributed by atoms with Crippen molar-refractivity contribution >= 4 is 35.0 Å². The van der Waals surface area contributed by atoms with E-state index in [-0.39, 0.29) is 11.2 Å². The van der Waals surface area contributed by atoms with Crippen LogP contribution < -0.4 is 0 Å². The summed E-state index contributed by atoms with van der Waals surface area (Å²) in [5.41, 5.74) is 0.791. The Hall–Kier alpha value is 0.0800. The molecule has 0 aliphatic carbocycles. The molecule has 17 heavy (non-hydrogen) atoms. The fourth-order valence-electron chi connectivity index (χ4n) is 1.68. The predicted molar refractivity (Wildman–Crippen MR) is 77.1 cm³/mol. The Morgan fingerprint density at radius 2 is 1.76 bits per heavy atom. The lowest BCUT2D eigenvalue weighted by Gasteiger charge is -2.30. The second-order valence-electron chi connectivity index (χ2n) is 4.00. The summed E-state index contributed by atoms with van der Waals surface area (Å²) in [5.74, 6) is 2.81. The minimum atomic E-state index is -0.237. The van der Waals surface area contributed by atoms with Gasteiger partial charge in [0, 0.05) is 17.2 Å². The van der Waals surface area contributed by atoms with E-state index in [0.717, 1.165) is 23.5 Å². The molecule has 0 aromatic heterocycles. The number of rotatable bonds is 7. The molecule has 0 saturated carbocycles. The molecule has 1 rings (SSSR count). The molecule has 0 spiro atoms. The number of hydrogen-bond donors (Lipinski definition) is 0. The molecule has 0 saturated heterocycles. The molecule has 1 aromatic carbocycles. The summed E-state index contributed by atoms with van der Waals surface area (Å²) in [6.45, 7) is 2.13. The van der Waals surface area contributed by atoms with Gasteiger partial charge in [-0.1, -0.05) is 19.1 Å². The maximum Gasteiger partial charge on any atom is 0.123 e. The minimum Gasteiger partial charge on any atom is -0.207 e. The molecule has 0 heterocycles. The number of hydrogen-bond acceptors (Lipinski definition) is 1. The van der Waals surface area contributed by atoms with Crippen LogP contribution in [0.3, 0.4) is 0 Å². The van der Waals surface area contributed by atoms with Gasteiger partial charge in [0.25, 0.3) is 0 Å². The van der Waals surface area contributed by atoms with Gasteiger partial charge < -0.3 is 0 Å². The van der Waals surface area contributed by atoms with Crippen molar-refractivity contribution in [3.05, 3.63) is 35.6 Å². The van der Waals surface area contributed by atoms with Gasteiger partial charge in [-0.25, -0.2) is 4.39 Å². The van der Waals surface area contributed by atoms with Gasteiger partial charge in [0.15, 0.2) is 0 Å². The summed E-state index contributed by atoms with van der Waals surface area (Å²) in [5, 5.41) is 0. The molecule has 0 aliphatic rings. The first-order chi connectivity index (χ1) is 8.18. The van der Waals surface area contributed by atoms with E-state index >= 15 is 0 Å². The van der Waals surface area contributed by atoms with E-state index in [9.17, 15) is 4.39 Å². The lowest BCUT2D eigenvalue weighted by atomic mass is 9.82. The molecule has 0 amide bonds. The Morgan fingerprint density at radius 3 is 2.24 bits per heavy atom. The summed E-state index contributed by atoms with van der Waals surface area (Å²) in [4.78, 5) is 0. The van der Waals surface area contributed by atoms with E-state index in [1.165, 1.54) is 12.1 Å². The molecule has 0 atom stereocenters. The number of benzene rings is 1. The highest BCUT2D eigenvalue weighted by Gasteiger charge is 2.30. The molecular formula is C13H17Cl2FS. The van der Waals surface area contributed by atoms with Crippen LogP contribution in [0.25, 0.3) is 0 Å². The summed E-state index contributed by atoms with van der Waals surface area (Å²) in [6, 6.07) is 6.51. The predicted octanol–water partition coefficient (Wildman–Crippen LogP) is 4.68. The zero-order valence-electron chi connectivity index (χ0n) is 9.89. The highest BCUT2D eigenvalue weighted by Crippen LogP contribution is 2.32. The minimum absolute atomic E-state index is 0.227. The first kappa shape index (κ1) is 15.1. The Labute approximate surface area is 117 Å². The SMILES string of the molecule is CCSCCC(CCl)(CCl)c1ccc(F)cc1. The molecule has 4 heteroatoms. The highest BCUT2D eigenvalue weighted by atomic mass is 35.5. The fourth-order valence-corrected chi connectivity index (χ4v) is 3.37. The molecule has 1 aromatic rings. The maximum absolute atomic E-state index is 12.9. The molecule has 0 N–H and O–H groups in total. The molecule has 0 nitrogen and oxygen atoms in total. The Bertz CT molecular complexity index is 323. The van der Waals surface area contributed by atoms with E-state index in [4.69, 9.17) is 23.2 Å². The van der Waals surface area contributed by atoms with E-state index in [1.807, 2.05) is 11.8 Å². The van der Waals surface area contributed by atoms with Crippen LogP contribution in [0.4, 0.5) is 4.39 Å². The van der Waals surface area contributed by atoms with Crippen LogP contribution in [0.2, 0.25) is 0 Å². The van der Waals surface area contributed by atoms with E-state index in [1.54, 1.807) is 12.1 Å². The smallest absolute Gasteiger partial charge is 0.123 e. The number of halogens is 3. The quantitative estimate of drug-likeness (QED) is 0.519. The van der Waals surface area contributed by atoms with Crippen LogP contribution in [0.5, 0.6) is 0 Å². The molecule has 0 aliphatic heterocycles. The van der Waals surface area contributed by atoms with Crippen LogP contribution in [0.15, 0.2) is 24.3 Å². The van der Waals surface area contributed by atoms with E-state index in [2.05, 4.69) is 6.92 Å². The first-order valence-corrected chi connectivity index (χ1v) is 7.86. The van der Waals surface area contributed by atoms with Crippen molar-refractivity contribution in [2.45, 2.75) is 18.8 Å². The largest absolute Gasteiger partial charge is 0.207 e. The molecule has 96 valence electrons. The van der Waals surface area contributed by atoms with Crippen LogP contribution in [-0.2, 0) is 5.41 Å². The average molecular weight is 295 g/mol. The van der Waals surface area contributed by atoms with E-state index < -0.39 is 0 Å². The zero-order chi connectivity index (χ0) is 12.7. The lowest BCUT2D eigenvalue weighted by molar-refractivity contribution is 0.522. The monoisotopic (exact) mass is 294 g/mol. The average Bonchev–Trinajstić information content (AvgIpc) is 2.37. The lowest BCUT2D eigenvalue weighted by Crippen LogP contribution is -2.31. The summed E-state index contributed by atoms with van der Waals surface area (Å²) in [6.07, 6.45) is 0.921. The van der Waals surface area contributed by atoms with Crippen LogP contribution in [0.1, 0.15) is 18.9 Å². The van der Waals surface area contributed by atoms with Gasteiger partial charge in [0.1, 0.15) is 5.82 Å². The normalized spacial score (nSPS) is 11.8. The van der Waals surface area contributed by atoms with Crippen molar-refractivity contribution in [3.63, 3.8) is 0 Å². The third-order valence-electron chi connectivity index (χ3n) is 2.90. The van der Waals surface area contributed by atoms with Crippen molar-refractivity contribution in [1.82, 2.24) is 0 Å². The second-order valence-corrected chi connectivity index (χ2v) is 5.93. The Balaban J connectivity index is 2.85. The van der Waals surface area contributed by atoms with Crippen molar-refractivity contribution in [2.75, 3.05) is 23.3 Å². The van der Waals surface area contributed by atoms with Gasteiger partial charge in [0.05, 0.1) is 0 Å². The van der Waals surface area contributed by atoms with Gasteiger partial charge in [-0.05, 0) is 35.6 Å². The summed E-state index contributed by atoms with van der Waals surface area (Å²) < 4.78 is 12.9. The topological polar surface area (TPSA) is 0 Å². The van der Waals surface area contributed by atoms with Gasteiger partial charge >= 0.3 is 0 Å². The molecule has 0 fully saturated rings. The highest BCUT2D eigenvalue weighted by molar-refractivity contribution is 7.99. The first-order valence-electron chi connectivity index (χ1n) is 5.64. The van der Waals surface area contributed by atoms with Crippen molar-refractivity contribution in [3.8, 4) is 0 Å². The third-order valence-corrected chi connectivity index (χ3v) is 4.82. The molecular weight excluding hydrogens is 278 g/mol. The van der Waals surface area contributed by atoms with Gasteiger partial charge in [-0.2, -0.15) is 11.8 Å². The number of thioether (sulfide) groups is 1. The van der Waals surface area contributed by atoms with Crippen LogP contribution in [-0.4, -0.2) is 23.3 Å². The maximum atomic E-state index is 12.9. The fraction of sp³-hybridized carbons (Fsp3) is 0.538. The van der Waals surface area contributed by atoms with Gasteiger partial charge in [0.2, 0.25) is 0 Å². The third kappa shape index (κ3) is 4.04. The summed E-state index contributed by atoms with van der Waals surface area (Å²) in [7, 11) is 0. The van der Waals surface area contributed by atoms with Crippen molar-refractivity contribution in [1.29, 1.82) is 0 Å². The van der Waals surface area contributed by atoms with Gasteiger partial charge in [-0.3, -0.25) is 0 Å². The molecule has 0 radical (unpaired) electrons. The van der Waals surface area contributed by atoms with Gasteiger partial charge in [-0.15, -0.1) is 23.2 Å². The molecule has 0 unspecified atom stereocenters. The Morgan fingerprint density at radius 1 is 1.18 bits per heavy atom. The van der Waals surface area contributed by atoms with Crippen LogP contribution in [0, 0.1) is 5.82 Å². The summed E-state index contributed by atoms with van der Waals surface area (Å²) >= 11 is 14.1. The zero-order valence-corrected chi connectivity index (χ0v) is 12.2. The number of alkyl halides is 2.